The smallest absolute Gasteiger partial charge is 0.282 e. The molecule has 0 unspecified atom stereocenters. The summed E-state index contributed by atoms with van der Waals surface area (Å²) in [5.74, 6) is -3.81. The highest BCUT2D eigenvalue weighted by Crippen LogP contribution is 2.45. The molecular formula is C24H12Cl5N3O6. The summed E-state index contributed by atoms with van der Waals surface area (Å²) in [4.78, 5) is 64.5. The maximum Gasteiger partial charge on any atom is 0.282 e. The number of nitrogens with zero attached hydrogens (tertiary/aromatic N) is 3. The van der Waals surface area contributed by atoms with E-state index in [1.54, 1.807) is 0 Å². The number of hydrogen-bond acceptors (Lipinski definition) is 6. The molecule has 38 heavy (non-hydrogen) atoms. The Balaban J connectivity index is 1.86. The SMILES string of the molecule is C[C@H](C(=O)c1ccc(Cl)cc1)N(C(=O)c1ccc([N+](=O)[O-])cc1)N1C(=O)c2c(Cl)c(Cl)c(Cl)c(Cl)c2C1=O. The Morgan fingerprint density at radius 1 is 0.789 bits per heavy atom. The summed E-state index contributed by atoms with van der Waals surface area (Å²) in [6.45, 7) is 1.30. The first kappa shape index (κ1) is 27.8. The molecule has 0 bridgehead atoms. The van der Waals surface area contributed by atoms with Crippen LogP contribution in [0.25, 0.3) is 0 Å². The lowest BCUT2D eigenvalue weighted by molar-refractivity contribution is -0.384. The molecule has 3 amide bonds. The first-order chi connectivity index (χ1) is 17.9. The fraction of sp³-hybridized carbons (Fsp3) is 0.0833. The van der Waals surface area contributed by atoms with E-state index in [1.165, 1.54) is 31.2 Å². The minimum Gasteiger partial charge on any atom is -0.292 e. The molecule has 1 atom stereocenters. The third kappa shape index (κ3) is 4.61. The normalized spacial score (nSPS) is 13.4. The highest BCUT2D eigenvalue weighted by Gasteiger charge is 2.48. The molecule has 0 aromatic heterocycles. The Morgan fingerprint density at radius 2 is 1.24 bits per heavy atom. The Kier molecular flexibility index (Phi) is 7.69. The van der Waals surface area contributed by atoms with Crippen molar-refractivity contribution >= 4 is 87.2 Å². The van der Waals surface area contributed by atoms with Gasteiger partial charge in [0.2, 0.25) is 0 Å². The van der Waals surface area contributed by atoms with Gasteiger partial charge in [0, 0.05) is 28.3 Å². The molecule has 3 aromatic carbocycles. The van der Waals surface area contributed by atoms with Gasteiger partial charge in [-0.15, -0.1) is 0 Å². The van der Waals surface area contributed by atoms with Gasteiger partial charge < -0.3 is 0 Å². The molecule has 1 heterocycles. The number of halogens is 5. The summed E-state index contributed by atoms with van der Waals surface area (Å²) >= 11 is 30.5. The van der Waals surface area contributed by atoms with E-state index in [-0.39, 0.29) is 36.9 Å². The van der Waals surface area contributed by atoms with Crippen molar-refractivity contribution in [2.45, 2.75) is 13.0 Å². The predicted molar refractivity (Wildman–Crippen MR) is 141 cm³/mol. The van der Waals surface area contributed by atoms with Crippen LogP contribution in [0.3, 0.4) is 0 Å². The molecule has 1 aliphatic heterocycles. The van der Waals surface area contributed by atoms with Crippen molar-refractivity contribution in [3.05, 3.63) is 106 Å². The number of fused-ring (bicyclic) bond motifs is 1. The average molecular weight is 616 g/mol. The largest absolute Gasteiger partial charge is 0.292 e. The molecule has 194 valence electrons. The van der Waals surface area contributed by atoms with E-state index in [2.05, 4.69) is 0 Å². The fourth-order valence-electron chi connectivity index (χ4n) is 3.80. The average Bonchev–Trinajstić information content (AvgIpc) is 3.16. The quantitative estimate of drug-likeness (QED) is 0.0753. The number of nitro benzene ring substituents is 1. The van der Waals surface area contributed by atoms with E-state index in [4.69, 9.17) is 58.0 Å². The topological polar surface area (TPSA) is 118 Å². The van der Waals surface area contributed by atoms with Gasteiger partial charge in [0.1, 0.15) is 6.04 Å². The zero-order valence-corrected chi connectivity index (χ0v) is 22.7. The molecule has 3 aromatic rings. The molecule has 4 rings (SSSR count). The van der Waals surface area contributed by atoms with Crippen molar-refractivity contribution in [3.63, 3.8) is 0 Å². The lowest BCUT2D eigenvalue weighted by atomic mass is 10.0. The third-order valence-corrected chi connectivity index (χ3v) is 7.76. The van der Waals surface area contributed by atoms with Crippen LogP contribution >= 0.6 is 58.0 Å². The van der Waals surface area contributed by atoms with Crippen LogP contribution < -0.4 is 0 Å². The molecule has 0 fully saturated rings. The summed E-state index contributed by atoms with van der Waals surface area (Å²) in [7, 11) is 0. The minimum absolute atomic E-state index is 0.127. The molecule has 0 N–H and O–H groups in total. The van der Waals surface area contributed by atoms with Gasteiger partial charge in [0.05, 0.1) is 36.1 Å². The molecule has 0 saturated carbocycles. The van der Waals surface area contributed by atoms with E-state index in [0.717, 1.165) is 24.3 Å². The summed E-state index contributed by atoms with van der Waals surface area (Å²) in [5.41, 5.74) is -1.13. The van der Waals surface area contributed by atoms with Crippen LogP contribution in [0.5, 0.6) is 0 Å². The van der Waals surface area contributed by atoms with Crippen molar-refractivity contribution in [1.82, 2.24) is 10.0 Å². The molecule has 14 heteroatoms. The standard InChI is InChI=1S/C24H12Cl5N3O6/c1-10(21(33)11-2-6-13(25)7-3-11)30(22(34)12-4-8-14(9-5-12)32(37)38)31-23(35)15-16(24(31)36)18(27)20(29)19(28)17(15)26/h2-10H,1H3/t10-/m1/s1. The van der Waals surface area contributed by atoms with Crippen molar-refractivity contribution in [1.29, 1.82) is 0 Å². The number of imide groups is 1. The monoisotopic (exact) mass is 613 g/mol. The molecule has 1 aliphatic rings. The lowest BCUT2D eigenvalue weighted by Crippen LogP contribution is -2.56. The van der Waals surface area contributed by atoms with Gasteiger partial charge in [-0.1, -0.05) is 58.0 Å². The molecule has 0 aliphatic carbocycles. The number of nitro groups is 1. The van der Waals surface area contributed by atoms with Crippen LogP contribution in [0.4, 0.5) is 5.69 Å². The number of rotatable bonds is 6. The van der Waals surface area contributed by atoms with E-state index in [0.29, 0.717) is 15.0 Å². The van der Waals surface area contributed by atoms with Crippen molar-refractivity contribution in [2.75, 3.05) is 0 Å². The number of non-ortho nitro benzene ring substituents is 1. The maximum atomic E-state index is 13.7. The highest BCUT2D eigenvalue weighted by atomic mass is 35.5. The third-order valence-electron chi connectivity index (χ3n) is 5.70. The Hall–Kier alpha value is -3.21. The van der Waals surface area contributed by atoms with Crippen molar-refractivity contribution < 1.29 is 24.1 Å². The van der Waals surface area contributed by atoms with Gasteiger partial charge in [-0.25, -0.2) is 5.01 Å². The second kappa shape index (κ2) is 10.5. The van der Waals surface area contributed by atoms with Crippen molar-refractivity contribution in [2.24, 2.45) is 0 Å². The Morgan fingerprint density at radius 3 is 1.68 bits per heavy atom. The second-order valence-electron chi connectivity index (χ2n) is 7.93. The predicted octanol–water partition coefficient (Wildman–Crippen LogP) is 6.79. The number of hydrazine groups is 1. The molecular weight excluding hydrogens is 604 g/mol. The van der Waals surface area contributed by atoms with Gasteiger partial charge in [-0.05, 0) is 43.3 Å². The molecule has 0 radical (unpaired) electrons. The number of carbonyl (C=O) groups is 4. The van der Waals surface area contributed by atoms with Crippen LogP contribution in [0.1, 0.15) is 48.4 Å². The van der Waals surface area contributed by atoms with Crippen LogP contribution in [0.15, 0.2) is 48.5 Å². The first-order valence-electron chi connectivity index (χ1n) is 10.5. The summed E-state index contributed by atoms with van der Waals surface area (Å²) in [5, 5.41) is 11.2. The van der Waals surface area contributed by atoms with E-state index < -0.39 is 45.6 Å². The number of ketones is 1. The molecule has 0 saturated heterocycles. The highest BCUT2D eigenvalue weighted by molar-refractivity contribution is 6.55. The van der Waals surface area contributed by atoms with E-state index >= 15 is 0 Å². The van der Waals surface area contributed by atoms with E-state index in [1.807, 2.05) is 0 Å². The van der Waals surface area contributed by atoms with Gasteiger partial charge in [-0.3, -0.25) is 29.3 Å². The number of amides is 3. The van der Waals surface area contributed by atoms with Gasteiger partial charge in [0.15, 0.2) is 5.78 Å². The zero-order valence-electron chi connectivity index (χ0n) is 18.9. The minimum atomic E-state index is -1.44. The lowest BCUT2D eigenvalue weighted by Gasteiger charge is -2.34. The molecule has 9 nitrogen and oxygen atoms in total. The van der Waals surface area contributed by atoms with E-state index in [9.17, 15) is 29.3 Å². The van der Waals surface area contributed by atoms with Crippen LogP contribution in [-0.4, -0.2) is 44.5 Å². The van der Waals surface area contributed by atoms with Crippen molar-refractivity contribution in [3.8, 4) is 0 Å². The van der Waals surface area contributed by atoms with Crippen LogP contribution in [0, 0.1) is 10.1 Å². The second-order valence-corrected chi connectivity index (χ2v) is 9.88. The van der Waals surface area contributed by atoms with Gasteiger partial charge in [0.25, 0.3) is 23.4 Å². The van der Waals surface area contributed by atoms with Crippen LogP contribution in [-0.2, 0) is 0 Å². The Labute approximate surface area is 239 Å². The number of hydrogen-bond donors (Lipinski definition) is 0. The fourth-order valence-corrected chi connectivity index (χ4v) is 4.94. The van der Waals surface area contributed by atoms with Gasteiger partial charge in [-0.2, -0.15) is 5.01 Å². The summed E-state index contributed by atoms with van der Waals surface area (Å²) < 4.78 is 0. The first-order valence-corrected chi connectivity index (χ1v) is 12.4. The Bertz CT molecular complexity index is 1500. The number of carbonyl (C=O) groups excluding carboxylic acids is 4. The maximum absolute atomic E-state index is 13.7. The summed E-state index contributed by atoms with van der Waals surface area (Å²) in [6.07, 6.45) is 0. The summed E-state index contributed by atoms with van der Waals surface area (Å²) in [6, 6.07) is 8.66. The van der Waals surface area contributed by atoms with Crippen LogP contribution in [0.2, 0.25) is 25.1 Å². The molecule has 0 spiro atoms. The number of benzene rings is 3. The zero-order chi connectivity index (χ0) is 28.0. The number of Topliss-reactive ketones (excluding diaryl/α,β-unsaturated/α-hetero) is 1. The van der Waals surface area contributed by atoms with Gasteiger partial charge >= 0.3 is 0 Å².